The Morgan fingerprint density at radius 2 is 1.96 bits per heavy atom. The van der Waals surface area contributed by atoms with Crippen LogP contribution in [0.25, 0.3) is 0 Å². The maximum atomic E-state index is 12.3. The van der Waals surface area contributed by atoms with Crippen molar-refractivity contribution in [2.24, 2.45) is 5.92 Å². The number of likely N-dealkylation sites (tertiary alicyclic amines) is 1. The molecule has 0 saturated carbocycles. The van der Waals surface area contributed by atoms with Gasteiger partial charge in [0.1, 0.15) is 6.61 Å². The first-order valence-corrected chi connectivity index (χ1v) is 9.56. The van der Waals surface area contributed by atoms with Crippen LogP contribution in [0.2, 0.25) is 0 Å². The van der Waals surface area contributed by atoms with Crippen molar-refractivity contribution in [2.45, 2.75) is 45.3 Å². The number of ether oxygens (including phenoxy) is 1. The number of piperidine rings is 1. The summed E-state index contributed by atoms with van der Waals surface area (Å²) in [6, 6.07) is 1.66. The van der Waals surface area contributed by atoms with Crippen LogP contribution in [0.1, 0.15) is 38.3 Å². The van der Waals surface area contributed by atoms with E-state index in [1.165, 1.54) is 0 Å². The Bertz CT molecular complexity index is 680. The summed E-state index contributed by atoms with van der Waals surface area (Å²) >= 11 is 0. The molecule has 2 fully saturated rings. The van der Waals surface area contributed by atoms with Gasteiger partial charge in [-0.1, -0.05) is 13.8 Å². The van der Waals surface area contributed by atoms with Crippen molar-refractivity contribution >= 4 is 5.91 Å². The topological polar surface area (TPSA) is 67.7 Å². The average Bonchev–Trinajstić information content (AvgIpc) is 2.61. The second-order valence-electron chi connectivity index (χ2n) is 7.91. The molecule has 1 atom stereocenters. The first-order chi connectivity index (χ1) is 12.4. The molecule has 0 spiro atoms. The number of nitrogens with zero attached hydrogens (tertiary/aromatic N) is 4. The molecule has 7 nitrogen and oxygen atoms in total. The molecule has 1 aromatic heterocycles. The first kappa shape index (κ1) is 19.0. The number of aromatic nitrogens is 2. The van der Waals surface area contributed by atoms with Crippen molar-refractivity contribution in [3.63, 3.8) is 0 Å². The molecule has 2 aliphatic rings. The highest BCUT2D eigenvalue weighted by Gasteiger charge is 2.27. The molecule has 0 radical (unpaired) electrons. The highest BCUT2D eigenvalue weighted by Crippen LogP contribution is 2.20. The fourth-order valence-electron chi connectivity index (χ4n) is 3.68. The first-order valence-electron chi connectivity index (χ1n) is 9.56. The Kier molecular flexibility index (Phi) is 6.09. The number of carbonyl (C=O) groups excluding carboxylic acids is 1. The van der Waals surface area contributed by atoms with E-state index in [0.29, 0.717) is 12.5 Å². The van der Waals surface area contributed by atoms with E-state index in [1.807, 2.05) is 20.9 Å². The van der Waals surface area contributed by atoms with Crippen molar-refractivity contribution < 1.29 is 9.53 Å². The van der Waals surface area contributed by atoms with Crippen LogP contribution in [0.15, 0.2) is 17.2 Å². The van der Waals surface area contributed by atoms with Crippen LogP contribution in [0.4, 0.5) is 0 Å². The Morgan fingerprint density at radius 3 is 2.58 bits per heavy atom. The predicted octanol–water partition coefficient (Wildman–Crippen LogP) is 0.936. The molecule has 1 amide bonds. The Hall–Kier alpha value is -1.73. The van der Waals surface area contributed by atoms with Crippen LogP contribution in [0, 0.1) is 5.92 Å². The van der Waals surface area contributed by atoms with E-state index in [4.69, 9.17) is 4.74 Å². The van der Waals surface area contributed by atoms with Crippen molar-refractivity contribution in [1.29, 1.82) is 0 Å². The lowest BCUT2D eigenvalue weighted by atomic mass is 9.96. The molecule has 144 valence electrons. The highest BCUT2D eigenvalue weighted by molar-refractivity contribution is 5.77. The number of morpholine rings is 1. The SMILES string of the molecule is CC(C)c1cc(=O)n(CC2CCN(CC3CN(C)C(=O)CO3)CC2)cn1. The van der Waals surface area contributed by atoms with Crippen molar-refractivity contribution in [3.05, 3.63) is 28.4 Å². The van der Waals surface area contributed by atoms with Gasteiger partial charge in [-0.25, -0.2) is 4.98 Å². The zero-order valence-corrected chi connectivity index (χ0v) is 16.1. The van der Waals surface area contributed by atoms with Crippen molar-refractivity contribution in [3.8, 4) is 0 Å². The number of rotatable bonds is 5. The van der Waals surface area contributed by atoms with Crippen LogP contribution in [-0.2, 0) is 16.1 Å². The minimum atomic E-state index is 0.0504. The van der Waals surface area contributed by atoms with Gasteiger partial charge in [0, 0.05) is 32.7 Å². The van der Waals surface area contributed by atoms with Gasteiger partial charge in [0.05, 0.1) is 18.1 Å². The maximum absolute atomic E-state index is 12.3. The van der Waals surface area contributed by atoms with E-state index in [9.17, 15) is 9.59 Å². The smallest absolute Gasteiger partial charge is 0.253 e. The van der Waals surface area contributed by atoms with Gasteiger partial charge in [-0.3, -0.25) is 14.2 Å². The summed E-state index contributed by atoms with van der Waals surface area (Å²) in [4.78, 5) is 32.3. The summed E-state index contributed by atoms with van der Waals surface area (Å²) < 4.78 is 7.39. The number of carbonyl (C=O) groups is 1. The van der Waals surface area contributed by atoms with Gasteiger partial charge in [0.15, 0.2) is 0 Å². The van der Waals surface area contributed by atoms with E-state index in [-0.39, 0.29) is 30.1 Å². The quantitative estimate of drug-likeness (QED) is 0.780. The average molecular weight is 362 g/mol. The molecule has 0 aromatic carbocycles. The molecule has 7 heteroatoms. The molecule has 1 aromatic rings. The van der Waals surface area contributed by atoms with Gasteiger partial charge in [0.2, 0.25) is 5.91 Å². The molecular weight excluding hydrogens is 332 g/mol. The number of hydrogen-bond donors (Lipinski definition) is 0. The summed E-state index contributed by atoms with van der Waals surface area (Å²) in [5.41, 5.74) is 0.909. The third kappa shape index (κ3) is 4.71. The molecule has 0 aliphatic carbocycles. The fourth-order valence-corrected chi connectivity index (χ4v) is 3.68. The van der Waals surface area contributed by atoms with Crippen LogP contribution < -0.4 is 5.56 Å². The van der Waals surface area contributed by atoms with E-state index < -0.39 is 0 Å². The maximum Gasteiger partial charge on any atom is 0.253 e. The Labute approximate surface area is 154 Å². The largest absolute Gasteiger partial charge is 0.365 e. The van der Waals surface area contributed by atoms with Crippen molar-refractivity contribution in [1.82, 2.24) is 19.4 Å². The van der Waals surface area contributed by atoms with Gasteiger partial charge in [-0.2, -0.15) is 0 Å². The molecule has 26 heavy (non-hydrogen) atoms. The van der Waals surface area contributed by atoms with Crippen LogP contribution in [0.5, 0.6) is 0 Å². The molecule has 0 N–H and O–H groups in total. The van der Waals surface area contributed by atoms with E-state index in [2.05, 4.69) is 9.88 Å². The van der Waals surface area contributed by atoms with Gasteiger partial charge < -0.3 is 14.5 Å². The molecule has 2 aliphatic heterocycles. The molecular formula is C19H30N4O3. The third-order valence-corrected chi connectivity index (χ3v) is 5.46. The van der Waals surface area contributed by atoms with Crippen molar-refractivity contribution in [2.75, 3.05) is 39.8 Å². The number of likely N-dealkylation sites (N-methyl/N-ethyl adjacent to an activating group) is 1. The summed E-state index contributed by atoms with van der Waals surface area (Å²) in [6.45, 7) is 8.59. The summed E-state index contributed by atoms with van der Waals surface area (Å²) in [5.74, 6) is 0.839. The lowest BCUT2D eigenvalue weighted by Crippen LogP contribution is -2.50. The monoisotopic (exact) mass is 362 g/mol. The van der Waals surface area contributed by atoms with Gasteiger partial charge in [-0.05, 0) is 37.8 Å². The number of amides is 1. The normalized spacial score (nSPS) is 23.0. The van der Waals surface area contributed by atoms with Gasteiger partial charge in [0.25, 0.3) is 5.56 Å². The number of hydrogen-bond acceptors (Lipinski definition) is 5. The summed E-state index contributed by atoms with van der Waals surface area (Å²) in [6.07, 6.45) is 3.94. The zero-order valence-electron chi connectivity index (χ0n) is 16.1. The summed E-state index contributed by atoms with van der Waals surface area (Å²) in [5, 5.41) is 0. The minimum Gasteiger partial charge on any atom is -0.365 e. The fraction of sp³-hybridized carbons (Fsp3) is 0.737. The lowest BCUT2D eigenvalue weighted by molar-refractivity contribution is -0.148. The van der Waals surface area contributed by atoms with Gasteiger partial charge in [-0.15, -0.1) is 0 Å². The second kappa shape index (κ2) is 8.31. The Morgan fingerprint density at radius 1 is 1.23 bits per heavy atom. The van der Waals surface area contributed by atoms with Crippen LogP contribution in [0.3, 0.4) is 0 Å². The molecule has 2 saturated heterocycles. The van der Waals surface area contributed by atoms with Gasteiger partial charge >= 0.3 is 0 Å². The molecule has 3 rings (SSSR count). The van der Waals surface area contributed by atoms with E-state index >= 15 is 0 Å². The summed E-state index contributed by atoms with van der Waals surface area (Å²) in [7, 11) is 1.83. The molecule has 0 bridgehead atoms. The minimum absolute atomic E-state index is 0.0504. The zero-order chi connectivity index (χ0) is 18.7. The molecule has 3 heterocycles. The predicted molar refractivity (Wildman–Crippen MR) is 99.1 cm³/mol. The van der Waals surface area contributed by atoms with E-state index in [1.54, 1.807) is 21.9 Å². The standard InChI is InChI=1S/C19H30N4O3/c1-14(2)17-8-18(24)23(13-20-17)9-15-4-6-22(7-5-15)11-16-10-21(3)19(25)12-26-16/h8,13-16H,4-7,9-12H2,1-3H3. The van der Waals surface area contributed by atoms with Crippen LogP contribution in [-0.4, -0.2) is 71.2 Å². The lowest BCUT2D eigenvalue weighted by Gasteiger charge is -2.37. The third-order valence-electron chi connectivity index (χ3n) is 5.46. The Balaban J connectivity index is 1.47. The van der Waals surface area contributed by atoms with Crippen LogP contribution >= 0.6 is 0 Å². The molecule has 1 unspecified atom stereocenters. The van der Waals surface area contributed by atoms with E-state index in [0.717, 1.165) is 44.7 Å². The second-order valence-corrected chi connectivity index (χ2v) is 7.91. The highest BCUT2D eigenvalue weighted by atomic mass is 16.5.